The van der Waals surface area contributed by atoms with Gasteiger partial charge in [-0.2, -0.15) is 0 Å². The van der Waals surface area contributed by atoms with Gasteiger partial charge in [-0.05, 0) is 73.2 Å². The Kier molecular flexibility index (Phi) is 5.75. The van der Waals surface area contributed by atoms with Crippen LogP contribution in [-0.2, 0) is 16.1 Å². The van der Waals surface area contributed by atoms with E-state index >= 15 is 0 Å². The van der Waals surface area contributed by atoms with Crippen LogP contribution in [0.2, 0.25) is 0 Å². The van der Waals surface area contributed by atoms with Crippen LogP contribution in [0.15, 0.2) is 42.5 Å². The third-order valence-corrected chi connectivity index (χ3v) is 5.08. The van der Waals surface area contributed by atoms with Crippen molar-refractivity contribution in [3.8, 4) is 0 Å². The maximum Gasteiger partial charge on any atom is 0.244 e. The molecule has 2 aromatic rings. The summed E-state index contributed by atoms with van der Waals surface area (Å²) in [6, 6.07) is 12.0. The van der Waals surface area contributed by atoms with Crippen molar-refractivity contribution < 1.29 is 9.59 Å². The quantitative estimate of drug-likeness (QED) is 0.815. The molecule has 0 radical (unpaired) electrons. The van der Waals surface area contributed by atoms with Gasteiger partial charge in [0.2, 0.25) is 11.8 Å². The summed E-state index contributed by atoms with van der Waals surface area (Å²) in [6.07, 6.45) is 4.99. The van der Waals surface area contributed by atoms with Crippen LogP contribution in [0.4, 0.5) is 5.69 Å². The molecule has 4 nitrogen and oxygen atoms in total. The van der Waals surface area contributed by atoms with Crippen molar-refractivity contribution in [2.75, 3.05) is 11.4 Å². The largest absolute Gasteiger partial charge is 0.348 e. The molecular weight excluding hydrogens is 336 g/mol. The van der Waals surface area contributed by atoms with E-state index in [-0.39, 0.29) is 11.8 Å². The van der Waals surface area contributed by atoms with Gasteiger partial charge in [0.1, 0.15) is 0 Å². The number of nitrogens with zero attached hydrogens (tertiary/aromatic N) is 1. The number of aryl methyl sites for hydroxylation is 3. The standard InChI is InChI=1S/C23H26N2O2/c1-16-13-18(3)20(14-17(16)2)8-11-22(26)24-15-19-6-9-21(10-7-19)25-12-4-5-23(25)27/h6-11,13-14H,4-5,12,15H2,1-3H3,(H,24,26)/b11-8+. The molecule has 3 rings (SSSR count). The number of anilines is 1. The Morgan fingerprint density at radius 2 is 1.78 bits per heavy atom. The predicted octanol–water partition coefficient (Wildman–Crippen LogP) is 4.07. The molecule has 27 heavy (non-hydrogen) atoms. The zero-order valence-electron chi connectivity index (χ0n) is 16.2. The molecule has 1 N–H and O–H groups in total. The minimum atomic E-state index is -0.119. The molecule has 0 bridgehead atoms. The maximum absolute atomic E-state index is 12.1. The van der Waals surface area contributed by atoms with Gasteiger partial charge in [-0.15, -0.1) is 0 Å². The molecule has 140 valence electrons. The van der Waals surface area contributed by atoms with Crippen molar-refractivity contribution >= 4 is 23.6 Å². The fraction of sp³-hybridized carbons (Fsp3) is 0.304. The number of amides is 2. The molecule has 0 spiro atoms. The molecule has 1 aliphatic heterocycles. The first-order chi connectivity index (χ1) is 12.9. The molecule has 2 amide bonds. The summed E-state index contributed by atoms with van der Waals surface area (Å²) < 4.78 is 0. The molecule has 0 atom stereocenters. The highest BCUT2D eigenvalue weighted by atomic mass is 16.2. The first kappa shape index (κ1) is 18.9. The van der Waals surface area contributed by atoms with Crippen LogP contribution in [0.25, 0.3) is 6.08 Å². The van der Waals surface area contributed by atoms with Crippen LogP contribution in [0.1, 0.15) is 40.7 Å². The molecule has 1 saturated heterocycles. The van der Waals surface area contributed by atoms with Crippen molar-refractivity contribution in [2.45, 2.75) is 40.2 Å². The molecule has 0 saturated carbocycles. The lowest BCUT2D eigenvalue weighted by Crippen LogP contribution is -2.23. The van der Waals surface area contributed by atoms with Gasteiger partial charge in [-0.25, -0.2) is 0 Å². The average Bonchev–Trinajstić information content (AvgIpc) is 3.08. The summed E-state index contributed by atoms with van der Waals surface area (Å²) in [7, 11) is 0. The number of carbonyl (C=O) groups excluding carboxylic acids is 2. The predicted molar refractivity (Wildman–Crippen MR) is 110 cm³/mol. The molecule has 0 aliphatic carbocycles. The van der Waals surface area contributed by atoms with Crippen LogP contribution in [-0.4, -0.2) is 18.4 Å². The van der Waals surface area contributed by atoms with Crippen LogP contribution >= 0.6 is 0 Å². The molecular formula is C23H26N2O2. The molecule has 0 unspecified atom stereocenters. The van der Waals surface area contributed by atoms with Gasteiger partial charge in [-0.1, -0.05) is 24.3 Å². The van der Waals surface area contributed by atoms with Crippen LogP contribution in [0, 0.1) is 20.8 Å². The second kappa shape index (κ2) is 8.21. The molecule has 0 aromatic heterocycles. The second-order valence-electron chi connectivity index (χ2n) is 7.16. The van der Waals surface area contributed by atoms with E-state index in [4.69, 9.17) is 0 Å². The maximum atomic E-state index is 12.1. The van der Waals surface area contributed by atoms with Gasteiger partial charge in [-0.3, -0.25) is 9.59 Å². The van der Waals surface area contributed by atoms with Gasteiger partial charge in [0.25, 0.3) is 0 Å². The van der Waals surface area contributed by atoms with E-state index in [1.54, 1.807) is 6.08 Å². The van der Waals surface area contributed by atoms with Gasteiger partial charge in [0.15, 0.2) is 0 Å². The summed E-state index contributed by atoms with van der Waals surface area (Å²) >= 11 is 0. The van der Waals surface area contributed by atoms with Crippen LogP contribution in [0.5, 0.6) is 0 Å². The fourth-order valence-corrected chi connectivity index (χ4v) is 3.29. The highest BCUT2D eigenvalue weighted by molar-refractivity contribution is 5.95. The summed E-state index contributed by atoms with van der Waals surface area (Å²) in [5.74, 6) is 0.0641. The van der Waals surface area contributed by atoms with Crippen molar-refractivity contribution in [3.63, 3.8) is 0 Å². The van der Waals surface area contributed by atoms with E-state index in [0.29, 0.717) is 13.0 Å². The van der Waals surface area contributed by atoms with E-state index < -0.39 is 0 Å². The monoisotopic (exact) mass is 362 g/mol. The van der Waals surface area contributed by atoms with Gasteiger partial charge >= 0.3 is 0 Å². The first-order valence-electron chi connectivity index (χ1n) is 9.37. The number of nitrogens with one attached hydrogen (secondary N) is 1. The zero-order chi connectivity index (χ0) is 19.4. The van der Waals surface area contributed by atoms with E-state index in [1.165, 1.54) is 11.1 Å². The Balaban J connectivity index is 1.56. The summed E-state index contributed by atoms with van der Waals surface area (Å²) in [6.45, 7) is 7.47. The van der Waals surface area contributed by atoms with Crippen molar-refractivity contribution in [3.05, 3.63) is 70.3 Å². The third-order valence-electron chi connectivity index (χ3n) is 5.08. The van der Waals surface area contributed by atoms with Crippen LogP contribution < -0.4 is 10.2 Å². The smallest absolute Gasteiger partial charge is 0.244 e. The highest BCUT2D eigenvalue weighted by Crippen LogP contribution is 2.21. The molecule has 1 fully saturated rings. The Bertz CT molecular complexity index is 882. The molecule has 4 heteroatoms. The number of hydrogen-bond donors (Lipinski definition) is 1. The lowest BCUT2D eigenvalue weighted by Gasteiger charge is -2.15. The first-order valence-corrected chi connectivity index (χ1v) is 9.37. The molecule has 1 heterocycles. The van der Waals surface area contributed by atoms with Crippen molar-refractivity contribution in [2.24, 2.45) is 0 Å². The Morgan fingerprint density at radius 3 is 2.44 bits per heavy atom. The third kappa shape index (κ3) is 4.64. The van der Waals surface area contributed by atoms with Crippen molar-refractivity contribution in [1.82, 2.24) is 5.32 Å². The fourth-order valence-electron chi connectivity index (χ4n) is 3.29. The van der Waals surface area contributed by atoms with Crippen LogP contribution in [0.3, 0.4) is 0 Å². The summed E-state index contributed by atoms with van der Waals surface area (Å²) in [5.41, 5.74) is 6.64. The second-order valence-corrected chi connectivity index (χ2v) is 7.16. The van der Waals surface area contributed by atoms with Gasteiger partial charge in [0, 0.05) is 31.3 Å². The number of benzene rings is 2. The lowest BCUT2D eigenvalue weighted by molar-refractivity contribution is -0.117. The summed E-state index contributed by atoms with van der Waals surface area (Å²) in [4.78, 5) is 25.7. The topological polar surface area (TPSA) is 49.4 Å². The Hall–Kier alpha value is -2.88. The molecule has 2 aromatic carbocycles. The normalized spacial score (nSPS) is 14.2. The highest BCUT2D eigenvalue weighted by Gasteiger charge is 2.21. The lowest BCUT2D eigenvalue weighted by atomic mass is 10.0. The molecule has 1 aliphatic rings. The number of hydrogen-bond acceptors (Lipinski definition) is 2. The Labute approximate surface area is 160 Å². The van der Waals surface area contributed by atoms with Gasteiger partial charge < -0.3 is 10.2 Å². The SMILES string of the molecule is Cc1cc(C)c(/C=C/C(=O)NCc2ccc(N3CCCC3=O)cc2)cc1C. The average molecular weight is 362 g/mol. The number of carbonyl (C=O) groups is 2. The summed E-state index contributed by atoms with van der Waals surface area (Å²) in [5, 5.41) is 2.91. The van der Waals surface area contributed by atoms with E-state index in [9.17, 15) is 9.59 Å². The van der Waals surface area contributed by atoms with E-state index in [1.807, 2.05) is 35.2 Å². The Morgan fingerprint density at radius 1 is 1.07 bits per heavy atom. The van der Waals surface area contributed by atoms with E-state index in [0.717, 1.165) is 35.3 Å². The minimum Gasteiger partial charge on any atom is -0.348 e. The number of rotatable bonds is 5. The minimum absolute atomic E-state index is 0.119. The van der Waals surface area contributed by atoms with Crippen molar-refractivity contribution in [1.29, 1.82) is 0 Å². The zero-order valence-corrected chi connectivity index (χ0v) is 16.2. The van der Waals surface area contributed by atoms with Gasteiger partial charge in [0.05, 0.1) is 0 Å². The van der Waals surface area contributed by atoms with E-state index in [2.05, 4.69) is 38.2 Å².